The van der Waals surface area contributed by atoms with E-state index in [0.717, 1.165) is 11.0 Å². The normalized spacial score (nSPS) is 17.4. The Balaban J connectivity index is 2.41. The van der Waals surface area contributed by atoms with E-state index in [1.807, 2.05) is 0 Å². The molecule has 6 nitrogen and oxygen atoms in total. The van der Waals surface area contributed by atoms with Crippen molar-refractivity contribution in [3.63, 3.8) is 0 Å². The lowest BCUT2D eigenvalue weighted by Gasteiger charge is -2.44. The molecule has 0 aliphatic carbocycles. The first kappa shape index (κ1) is 33.4. The molecule has 224 valence electrons. The molecule has 0 spiro atoms. The summed E-state index contributed by atoms with van der Waals surface area (Å²) in [5.74, 6) is -0.204. The van der Waals surface area contributed by atoms with Gasteiger partial charge in [0.2, 0.25) is 0 Å². The molecule has 1 N–H and O–H groups in total. The molecule has 1 heterocycles. The molecular formula is C26H33F7N2O4Si. The molecular weight excluding hydrogens is 565 g/mol. The van der Waals surface area contributed by atoms with E-state index in [0.29, 0.717) is 10.9 Å². The van der Waals surface area contributed by atoms with Crippen LogP contribution in [0.4, 0.5) is 35.5 Å². The second-order valence-electron chi connectivity index (χ2n) is 11.4. The van der Waals surface area contributed by atoms with Gasteiger partial charge in [0.05, 0.1) is 12.2 Å². The predicted octanol–water partition coefficient (Wildman–Crippen LogP) is 5.99. The molecule has 1 fully saturated rings. The number of esters is 1. The Bertz CT molecular complexity index is 1120. The van der Waals surface area contributed by atoms with Crippen molar-refractivity contribution in [2.45, 2.75) is 64.5 Å². The Labute approximate surface area is 229 Å². The Morgan fingerprint density at radius 2 is 1.70 bits per heavy atom. The lowest BCUT2D eigenvalue weighted by atomic mass is 9.92. The van der Waals surface area contributed by atoms with Gasteiger partial charge in [0.1, 0.15) is 11.2 Å². The highest BCUT2D eigenvalue weighted by molar-refractivity contribution is 6.76. The summed E-state index contributed by atoms with van der Waals surface area (Å²) in [6.45, 7) is 6.98. The summed E-state index contributed by atoms with van der Waals surface area (Å²) < 4.78 is 102. The van der Waals surface area contributed by atoms with Crippen molar-refractivity contribution in [3.8, 4) is 11.8 Å². The van der Waals surface area contributed by atoms with Gasteiger partial charge >= 0.3 is 24.4 Å². The summed E-state index contributed by atoms with van der Waals surface area (Å²) in [6, 6.07) is 1.97. The SMILES string of the molecule is CC(C)(C#Cc1c(F)cccc1CN1CCN(C(=O)O)CC1C(C(F)(F)F)C(F)(F)F)C(=O)OCC[Si](C)(C)C. The van der Waals surface area contributed by atoms with Crippen LogP contribution in [-0.4, -0.2) is 79.7 Å². The lowest BCUT2D eigenvalue weighted by Crippen LogP contribution is -2.62. The third kappa shape index (κ3) is 9.12. The van der Waals surface area contributed by atoms with Gasteiger partial charge in [-0.2, -0.15) is 26.3 Å². The van der Waals surface area contributed by atoms with Crippen LogP contribution in [-0.2, 0) is 16.1 Å². The van der Waals surface area contributed by atoms with Gasteiger partial charge < -0.3 is 14.7 Å². The highest BCUT2D eigenvalue weighted by Crippen LogP contribution is 2.44. The first-order valence-corrected chi connectivity index (χ1v) is 16.2. The van der Waals surface area contributed by atoms with Crippen LogP contribution in [0.2, 0.25) is 25.7 Å². The summed E-state index contributed by atoms with van der Waals surface area (Å²) in [7, 11) is -1.48. The summed E-state index contributed by atoms with van der Waals surface area (Å²) in [5.41, 5.74) is -1.68. The van der Waals surface area contributed by atoms with E-state index in [-0.39, 0.29) is 24.3 Å². The van der Waals surface area contributed by atoms with E-state index < -0.39 is 75.3 Å². The van der Waals surface area contributed by atoms with Gasteiger partial charge in [-0.05, 0) is 31.5 Å². The van der Waals surface area contributed by atoms with Crippen molar-refractivity contribution in [1.29, 1.82) is 0 Å². The van der Waals surface area contributed by atoms with Gasteiger partial charge in [0, 0.05) is 40.3 Å². The van der Waals surface area contributed by atoms with Gasteiger partial charge in [-0.15, -0.1) is 0 Å². The molecule has 1 aromatic carbocycles. The fraction of sp³-hybridized carbons (Fsp3) is 0.615. The van der Waals surface area contributed by atoms with Crippen LogP contribution >= 0.6 is 0 Å². The zero-order chi connectivity index (χ0) is 30.7. The number of hydrogen-bond acceptors (Lipinski definition) is 4. The Morgan fingerprint density at radius 1 is 1.10 bits per heavy atom. The molecule has 1 saturated heterocycles. The average molecular weight is 599 g/mol. The van der Waals surface area contributed by atoms with Gasteiger partial charge in [0.15, 0.2) is 5.92 Å². The summed E-state index contributed by atoms with van der Waals surface area (Å²) >= 11 is 0. The number of carbonyl (C=O) groups is 2. The van der Waals surface area contributed by atoms with E-state index in [1.54, 1.807) is 0 Å². The highest BCUT2D eigenvalue weighted by atomic mass is 28.3. The van der Waals surface area contributed by atoms with Crippen molar-refractivity contribution >= 4 is 20.1 Å². The maximum absolute atomic E-state index is 14.8. The topological polar surface area (TPSA) is 70.1 Å². The number of carboxylic acid groups (broad SMARTS) is 1. The van der Waals surface area contributed by atoms with Crippen LogP contribution in [0.1, 0.15) is 25.0 Å². The van der Waals surface area contributed by atoms with Crippen molar-refractivity contribution in [1.82, 2.24) is 9.80 Å². The van der Waals surface area contributed by atoms with Crippen LogP contribution < -0.4 is 0 Å². The Hall–Kier alpha value is -2.79. The van der Waals surface area contributed by atoms with E-state index >= 15 is 0 Å². The molecule has 1 unspecified atom stereocenters. The molecule has 1 aliphatic rings. The molecule has 1 aromatic rings. The van der Waals surface area contributed by atoms with Crippen LogP contribution in [0.15, 0.2) is 18.2 Å². The van der Waals surface area contributed by atoms with Crippen molar-refractivity contribution in [2.24, 2.45) is 11.3 Å². The fourth-order valence-corrected chi connectivity index (χ4v) is 4.83. The fourth-order valence-electron chi connectivity index (χ4n) is 4.12. The van der Waals surface area contributed by atoms with Crippen molar-refractivity contribution < 1.29 is 50.2 Å². The number of amides is 1. The van der Waals surface area contributed by atoms with Gasteiger partial charge in [-0.1, -0.05) is 43.6 Å². The molecule has 0 saturated carbocycles. The number of piperazine rings is 1. The molecule has 2 rings (SSSR count). The molecule has 1 aliphatic heterocycles. The molecule has 0 bridgehead atoms. The third-order valence-electron chi connectivity index (χ3n) is 6.46. The van der Waals surface area contributed by atoms with Crippen LogP contribution in [0.3, 0.4) is 0 Å². The van der Waals surface area contributed by atoms with E-state index in [9.17, 15) is 45.4 Å². The monoisotopic (exact) mass is 598 g/mol. The highest BCUT2D eigenvalue weighted by Gasteiger charge is 2.62. The maximum Gasteiger partial charge on any atom is 0.407 e. The van der Waals surface area contributed by atoms with Crippen molar-refractivity contribution in [3.05, 3.63) is 35.1 Å². The van der Waals surface area contributed by atoms with Gasteiger partial charge in [0.25, 0.3) is 0 Å². The first-order chi connectivity index (χ1) is 18.1. The zero-order valence-electron chi connectivity index (χ0n) is 22.8. The summed E-state index contributed by atoms with van der Waals surface area (Å²) in [4.78, 5) is 25.3. The molecule has 1 amide bonds. The Morgan fingerprint density at radius 3 is 2.23 bits per heavy atom. The number of halogens is 7. The maximum atomic E-state index is 14.8. The van der Waals surface area contributed by atoms with Crippen LogP contribution in [0, 0.1) is 29.0 Å². The number of carbonyl (C=O) groups excluding carboxylic acids is 1. The molecule has 40 heavy (non-hydrogen) atoms. The third-order valence-corrected chi connectivity index (χ3v) is 8.17. The number of ether oxygens (including phenoxy) is 1. The lowest BCUT2D eigenvalue weighted by molar-refractivity contribution is -0.302. The minimum Gasteiger partial charge on any atom is -0.465 e. The average Bonchev–Trinajstić information content (AvgIpc) is 2.76. The van der Waals surface area contributed by atoms with E-state index in [4.69, 9.17) is 4.74 Å². The smallest absolute Gasteiger partial charge is 0.407 e. The van der Waals surface area contributed by atoms with E-state index in [2.05, 4.69) is 31.5 Å². The number of alkyl halides is 6. The van der Waals surface area contributed by atoms with Crippen LogP contribution in [0.5, 0.6) is 0 Å². The predicted molar refractivity (Wildman–Crippen MR) is 136 cm³/mol. The minimum atomic E-state index is -5.72. The largest absolute Gasteiger partial charge is 0.465 e. The molecule has 0 aromatic heterocycles. The summed E-state index contributed by atoms with van der Waals surface area (Å²) in [5, 5.41) is 9.23. The Kier molecular flexibility index (Phi) is 10.3. The summed E-state index contributed by atoms with van der Waals surface area (Å²) in [6.07, 6.45) is -13.1. The molecule has 14 heteroatoms. The first-order valence-electron chi connectivity index (χ1n) is 12.5. The second kappa shape index (κ2) is 12.4. The van der Waals surface area contributed by atoms with Gasteiger partial charge in [-0.25, -0.2) is 9.18 Å². The quantitative estimate of drug-likeness (QED) is 0.181. The molecule has 1 atom stereocenters. The van der Waals surface area contributed by atoms with E-state index in [1.165, 1.54) is 26.0 Å². The zero-order valence-corrected chi connectivity index (χ0v) is 23.8. The number of nitrogens with zero attached hydrogens (tertiary/aromatic N) is 2. The second-order valence-corrected chi connectivity index (χ2v) is 17.0. The molecule has 0 radical (unpaired) electrons. The van der Waals surface area contributed by atoms with Gasteiger partial charge in [-0.3, -0.25) is 9.69 Å². The number of benzene rings is 1. The number of hydrogen-bond donors (Lipinski definition) is 1. The number of rotatable bonds is 7. The minimum absolute atomic E-state index is 0.00715. The standard InChI is InChI=1S/C26H33F7N2O4Si/c1-24(2,22(36)39-13-14-40(3,4)5)10-9-18-17(7-6-8-19(18)27)15-34-11-12-35(23(37)38)16-20(34)21(25(28,29)30)26(31,32)33/h6-8,20-21H,11-16H2,1-5H3,(H,37,38). The van der Waals surface area contributed by atoms with Crippen molar-refractivity contribution in [2.75, 3.05) is 26.2 Å². The van der Waals surface area contributed by atoms with Crippen LogP contribution in [0.25, 0.3) is 0 Å².